The van der Waals surface area contributed by atoms with Crippen LogP contribution < -0.4 is 5.73 Å². The molecule has 0 aliphatic heterocycles. The molecule has 8 heteroatoms. The second kappa shape index (κ2) is 7.82. The number of amides is 2. The Morgan fingerprint density at radius 2 is 2.04 bits per heavy atom. The molecule has 1 saturated carbocycles. The van der Waals surface area contributed by atoms with Gasteiger partial charge in [0.2, 0.25) is 11.8 Å². The second-order valence-electron chi connectivity index (χ2n) is 6.60. The molecule has 0 radical (unpaired) electrons. The number of rotatable bonds is 8. The quantitative estimate of drug-likeness (QED) is 0.693. The summed E-state index contributed by atoms with van der Waals surface area (Å²) < 4.78 is 2.26. The molecule has 1 aromatic heterocycles. The Hall–Kier alpha value is -2.48. The number of nitrogens with one attached hydrogen (secondary N) is 1. The highest BCUT2D eigenvalue weighted by atomic mass is 32.1. The lowest BCUT2D eigenvalue weighted by molar-refractivity contribution is -0.133. The number of aromatic nitrogens is 3. The molecular formula is C18H23N5O2S. The number of hydrogen-bond acceptors (Lipinski definition) is 4. The Labute approximate surface area is 157 Å². The molecule has 26 heavy (non-hydrogen) atoms. The molecule has 1 fully saturated rings. The van der Waals surface area contributed by atoms with Crippen molar-refractivity contribution in [3.8, 4) is 0 Å². The van der Waals surface area contributed by atoms with E-state index in [-0.39, 0.29) is 18.5 Å². The minimum Gasteiger partial charge on any atom is -0.366 e. The summed E-state index contributed by atoms with van der Waals surface area (Å²) in [6.45, 7) is 2.77. The maximum absolute atomic E-state index is 12.9. The molecule has 1 aromatic carbocycles. The van der Waals surface area contributed by atoms with Gasteiger partial charge in [0.05, 0.1) is 0 Å². The topological polar surface area (TPSA) is 97.0 Å². The normalized spacial score (nSPS) is 13.6. The van der Waals surface area contributed by atoms with Gasteiger partial charge in [-0.15, -0.1) is 0 Å². The number of primary amides is 1. The van der Waals surface area contributed by atoms with Crippen molar-refractivity contribution >= 4 is 24.0 Å². The number of benzene rings is 1. The molecular weight excluding hydrogens is 350 g/mol. The van der Waals surface area contributed by atoms with Crippen molar-refractivity contribution in [2.75, 3.05) is 0 Å². The minimum atomic E-state index is -0.454. The predicted molar refractivity (Wildman–Crippen MR) is 99.9 cm³/mol. The monoisotopic (exact) mass is 373 g/mol. The van der Waals surface area contributed by atoms with Crippen LogP contribution in [0, 0.1) is 4.77 Å². The van der Waals surface area contributed by atoms with Gasteiger partial charge in [-0.1, -0.05) is 19.1 Å². The lowest BCUT2D eigenvalue weighted by Gasteiger charge is -2.23. The number of hydrogen-bond donors (Lipinski definition) is 2. The summed E-state index contributed by atoms with van der Waals surface area (Å²) in [6.07, 6.45) is 3.75. The number of H-pyrrole nitrogens is 1. The van der Waals surface area contributed by atoms with Gasteiger partial charge in [-0.05, 0) is 49.2 Å². The first-order chi connectivity index (χ1) is 12.5. The van der Waals surface area contributed by atoms with E-state index in [9.17, 15) is 9.59 Å². The first-order valence-electron chi connectivity index (χ1n) is 8.82. The highest BCUT2D eigenvalue weighted by molar-refractivity contribution is 7.71. The molecule has 7 nitrogen and oxygen atoms in total. The van der Waals surface area contributed by atoms with Crippen molar-refractivity contribution in [3.63, 3.8) is 0 Å². The zero-order valence-corrected chi connectivity index (χ0v) is 15.6. The number of nitrogens with two attached hydrogens (primary N) is 1. The molecule has 3 N–H and O–H groups in total. The van der Waals surface area contributed by atoms with E-state index in [2.05, 4.69) is 17.1 Å². The Kier molecular flexibility index (Phi) is 5.51. The van der Waals surface area contributed by atoms with Gasteiger partial charge >= 0.3 is 0 Å². The molecule has 138 valence electrons. The van der Waals surface area contributed by atoms with E-state index < -0.39 is 5.91 Å². The lowest BCUT2D eigenvalue weighted by Crippen LogP contribution is -2.35. The maximum Gasteiger partial charge on any atom is 0.248 e. The maximum atomic E-state index is 12.9. The van der Waals surface area contributed by atoms with Crippen LogP contribution in [-0.4, -0.2) is 37.5 Å². The van der Waals surface area contributed by atoms with Gasteiger partial charge in [-0.3, -0.25) is 19.3 Å². The second-order valence-corrected chi connectivity index (χ2v) is 6.98. The fourth-order valence-corrected chi connectivity index (χ4v) is 3.15. The van der Waals surface area contributed by atoms with Gasteiger partial charge in [0.25, 0.3) is 0 Å². The van der Waals surface area contributed by atoms with Gasteiger partial charge in [0.1, 0.15) is 12.4 Å². The van der Waals surface area contributed by atoms with E-state index in [1.54, 1.807) is 16.7 Å². The lowest BCUT2D eigenvalue weighted by atomic mass is 10.1. The Morgan fingerprint density at radius 3 is 2.62 bits per heavy atom. The zero-order chi connectivity index (χ0) is 18.7. The Bertz CT molecular complexity index is 851. The molecule has 0 unspecified atom stereocenters. The number of aromatic amines is 1. The molecule has 1 aliphatic rings. The van der Waals surface area contributed by atoms with E-state index in [0.29, 0.717) is 16.9 Å². The fraction of sp³-hybridized carbons (Fsp3) is 0.444. The van der Waals surface area contributed by atoms with E-state index in [1.165, 1.54) is 0 Å². The Balaban J connectivity index is 1.74. The van der Waals surface area contributed by atoms with Crippen molar-refractivity contribution in [1.82, 2.24) is 19.7 Å². The third-order valence-corrected chi connectivity index (χ3v) is 4.82. The van der Waals surface area contributed by atoms with Crippen LogP contribution in [0.5, 0.6) is 0 Å². The number of nitrogens with zero attached hydrogens (tertiary/aromatic N) is 3. The third-order valence-electron chi connectivity index (χ3n) is 4.50. The van der Waals surface area contributed by atoms with Crippen LogP contribution in [0.4, 0.5) is 0 Å². The van der Waals surface area contributed by atoms with Crippen LogP contribution in [-0.2, 0) is 24.3 Å². The summed E-state index contributed by atoms with van der Waals surface area (Å²) in [5.74, 6) is 0.387. The van der Waals surface area contributed by atoms with Crippen LogP contribution in [0.3, 0.4) is 0 Å². The van der Waals surface area contributed by atoms with Gasteiger partial charge in [0.15, 0.2) is 4.77 Å². The molecule has 2 amide bonds. The highest BCUT2D eigenvalue weighted by Gasteiger charge is 2.32. The average Bonchev–Trinajstić information content (AvgIpc) is 3.41. The van der Waals surface area contributed by atoms with Crippen molar-refractivity contribution < 1.29 is 9.59 Å². The summed E-state index contributed by atoms with van der Waals surface area (Å²) in [7, 11) is 0. The predicted octanol–water partition coefficient (Wildman–Crippen LogP) is 2.18. The molecule has 3 rings (SSSR count). The van der Waals surface area contributed by atoms with Gasteiger partial charge in [-0.25, -0.2) is 0 Å². The highest BCUT2D eigenvalue weighted by Crippen LogP contribution is 2.29. The van der Waals surface area contributed by atoms with Gasteiger partial charge in [-0.2, -0.15) is 5.10 Å². The minimum absolute atomic E-state index is 0.0290. The van der Waals surface area contributed by atoms with E-state index >= 15 is 0 Å². The van der Waals surface area contributed by atoms with Gasteiger partial charge < -0.3 is 10.6 Å². The van der Waals surface area contributed by atoms with Crippen molar-refractivity contribution in [1.29, 1.82) is 0 Å². The first kappa shape index (κ1) is 18.3. The van der Waals surface area contributed by atoms with Crippen LogP contribution in [0.2, 0.25) is 0 Å². The summed E-state index contributed by atoms with van der Waals surface area (Å²) >= 11 is 5.27. The van der Waals surface area contributed by atoms with Crippen LogP contribution in [0.25, 0.3) is 0 Å². The summed E-state index contributed by atoms with van der Waals surface area (Å²) in [4.78, 5) is 26.0. The SMILES string of the molecule is CCCc1n[nH]c(=S)n1CC(=O)N(Cc1ccc(C(N)=O)cc1)C1CC1. The van der Waals surface area contributed by atoms with Crippen molar-refractivity contribution in [2.45, 2.75) is 51.7 Å². The Morgan fingerprint density at radius 1 is 1.35 bits per heavy atom. The standard InChI is InChI=1S/C18H23N5O2S/c1-2-3-15-20-21-18(26)23(15)11-16(24)22(14-8-9-14)10-12-4-6-13(7-5-12)17(19)25/h4-7,14H,2-3,8-11H2,1H3,(H2,19,25)(H,21,26). The smallest absolute Gasteiger partial charge is 0.248 e. The van der Waals surface area contributed by atoms with Crippen LogP contribution >= 0.6 is 12.2 Å². The molecule has 0 spiro atoms. The third kappa shape index (κ3) is 4.19. The molecule has 0 bridgehead atoms. The van der Waals surface area contributed by atoms with Crippen molar-refractivity contribution in [3.05, 3.63) is 46.0 Å². The van der Waals surface area contributed by atoms with Gasteiger partial charge in [0, 0.05) is 24.6 Å². The average molecular weight is 373 g/mol. The summed E-state index contributed by atoms with van der Waals surface area (Å²) in [6, 6.07) is 7.34. The van der Waals surface area contributed by atoms with E-state index in [1.807, 2.05) is 17.0 Å². The van der Waals surface area contributed by atoms with Crippen LogP contribution in [0.15, 0.2) is 24.3 Å². The van der Waals surface area contributed by atoms with E-state index in [0.717, 1.165) is 37.1 Å². The molecule has 2 aromatic rings. The summed E-state index contributed by atoms with van der Waals surface area (Å²) in [5, 5.41) is 7.00. The molecule has 1 heterocycles. The first-order valence-corrected chi connectivity index (χ1v) is 9.22. The van der Waals surface area contributed by atoms with Crippen LogP contribution in [0.1, 0.15) is 47.9 Å². The van der Waals surface area contributed by atoms with E-state index in [4.69, 9.17) is 18.0 Å². The number of aryl methyl sites for hydroxylation is 1. The fourth-order valence-electron chi connectivity index (χ4n) is 2.93. The number of carbonyl (C=O) groups excluding carboxylic acids is 2. The summed E-state index contributed by atoms with van der Waals surface area (Å²) in [5.41, 5.74) is 6.71. The molecule has 0 atom stereocenters. The number of carbonyl (C=O) groups is 2. The zero-order valence-electron chi connectivity index (χ0n) is 14.8. The van der Waals surface area contributed by atoms with Crippen molar-refractivity contribution in [2.24, 2.45) is 5.73 Å². The molecule has 0 saturated heterocycles. The largest absolute Gasteiger partial charge is 0.366 e. The molecule has 1 aliphatic carbocycles.